The second-order valence-corrected chi connectivity index (χ2v) is 5.35. The smallest absolute Gasteiger partial charge is 0.255 e. The van der Waals surface area contributed by atoms with Gasteiger partial charge in [-0.05, 0) is 45.8 Å². The zero-order valence-corrected chi connectivity index (χ0v) is 13.3. The Morgan fingerprint density at radius 2 is 2.05 bits per heavy atom. The van der Waals surface area contributed by atoms with E-state index < -0.39 is 0 Å². The molecule has 2 N–H and O–H groups in total. The summed E-state index contributed by atoms with van der Waals surface area (Å²) in [6.45, 7) is 0. The number of hydrogen-bond donors (Lipinski definition) is 2. The topological polar surface area (TPSA) is 82.3 Å². The zero-order valence-electron chi connectivity index (χ0n) is 11.8. The average molecular weight is 361 g/mol. The van der Waals surface area contributed by atoms with E-state index >= 15 is 0 Å². The normalized spacial score (nSPS) is 9.86. The molecule has 5 nitrogen and oxygen atoms in total. The Labute approximate surface area is 136 Å². The van der Waals surface area contributed by atoms with Crippen molar-refractivity contribution in [3.63, 3.8) is 0 Å². The van der Waals surface area contributed by atoms with Crippen LogP contribution in [0.5, 0.6) is 11.5 Å². The molecule has 0 heterocycles. The SMILES string of the molecule is COc1cc(C(=O)Nc2ccc(CC#N)cc2)cc(Br)c1O. The minimum absolute atomic E-state index is 0.0556. The number of nitriles is 1. The molecule has 0 aromatic heterocycles. The molecule has 1 amide bonds. The van der Waals surface area contributed by atoms with Gasteiger partial charge < -0.3 is 15.2 Å². The van der Waals surface area contributed by atoms with E-state index in [1.54, 1.807) is 24.3 Å². The van der Waals surface area contributed by atoms with Crippen LogP contribution in [-0.2, 0) is 6.42 Å². The first-order valence-electron chi connectivity index (χ1n) is 6.39. The monoisotopic (exact) mass is 360 g/mol. The lowest BCUT2D eigenvalue weighted by Gasteiger charge is -2.10. The van der Waals surface area contributed by atoms with Crippen LogP contribution in [0.3, 0.4) is 0 Å². The molecule has 0 spiro atoms. The van der Waals surface area contributed by atoms with Crippen molar-refractivity contribution in [3.05, 3.63) is 52.0 Å². The van der Waals surface area contributed by atoms with Crippen molar-refractivity contribution in [1.29, 1.82) is 5.26 Å². The van der Waals surface area contributed by atoms with E-state index in [2.05, 4.69) is 27.3 Å². The summed E-state index contributed by atoms with van der Waals surface area (Å²) in [5, 5.41) is 21.1. The molecule has 2 rings (SSSR count). The Balaban J connectivity index is 2.19. The minimum Gasteiger partial charge on any atom is -0.503 e. The third-order valence-corrected chi connectivity index (χ3v) is 3.61. The number of phenols is 1. The van der Waals surface area contributed by atoms with Gasteiger partial charge in [0.25, 0.3) is 5.91 Å². The maximum Gasteiger partial charge on any atom is 0.255 e. The van der Waals surface area contributed by atoms with Gasteiger partial charge in [-0.2, -0.15) is 5.26 Å². The number of carbonyl (C=O) groups is 1. The summed E-state index contributed by atoms with van der Waals surface area (Å²) in [5.74, 6) is -0.171. The van der Waals surface area contributed by atoms with Gasteiger partial charge in [0, 0.05) is 11.3 Å². The summed E-state index contributed by atoms with van der Waals surface area (Å²) >= 11 is 3.18. The van der Waals surface area contributed by atoms with Crippen LogP contribution in [-0.4, -0.2) is 18.1 Å². The Morgan fingerprint density at radius 1 is 1.36 bits per heavy atom. The van der Waals surface area contributed by atoms with E-state index in [1.165, 1.54) is 19.2 Å². The predicted molar refractivity (Wildman–Crippen MR) is 86.1 cm³/mol. The number of ether oxygens (including phenoxy) is 1. The lowest BCUT2D eigenvalue weighted by molar-refractivity contribution is 0.102. The molecule has 0 aliphatic heterocycles. The summed E-state index contributed by atoms with van der Waals surface area (Å²) < 4.78 is 5.40. The Bertz CT molecular complexity index is 736. The lowest BCUT2D eigenvalue weighted by atomic mass is 10.1. The van der Waals surface area contributed by atoms with Crippen LogP contribution in [0.1, 0.15) is 15.9 Å². The standard InChI is InChI=1S/C16H13BrN2O3/c1-22-14-9-11(8-13(17)15(14)20)16(21)19-12-4-2-10(3-5-12)6-7-18/h2-5,8-9,20H,6H2,1H3,(H,19,21). The number of aromatic hydroxyl groups is 1. The van der Waals surface area contributed by atoms with Crippen LogP contribution >= 0.6 is 15.9 Å². The number of anilines is 1. The molecule has 6 heteroatoms. The zero-order chi connectivity index (χ0) is 16.1. The van der Waals surface area contributed by atoms with Crippen molar-refractivity contribution in [2.45, 2.75) is 6.42 Å². The van der Waals surface area contributed by atoms with Gasteiger partial charge in [-0.1, -0.05) is 12.1 Å². The van der Waals surface area contributed by atoms with Crippen LogP contribution in [0.4, 0.5) is 5.69 Å². The van der Waals surface area contributed by atoms with Crippen molar-refractivity contribution < 1.29 is 14.6 Å². The van der Waals surface area contributed by atoms with Crippen molar-refractivity contribution in [3.8, 4) is 17.6 Å². The Hall–Kier alpha value is -2.52. The van der Waals surface area contributed by atoms with Crippen LogP contribution in [0.25, 0.3) is 0 Å². The first kappa shape index (κ1) is 15.9. The Morgan fingerprint density at radius 3 is 2.64 bits per heavy atom. The van der Waals surface area contributed by atoms with Gasteiger partial charge in [0.1, 0.15) is 0 Å². The molecule has 22 heavy (non-hydrogen) atoms. The number of methoxy groups -OCH3 is 1. The van der Waals surface area contributed by atoms with E-state index in [9.17, 15) is 9.90 Å². The Kier molecular flexibility index (Phi) is 5.02. The number of carbonyl (C=O) groups excluding carboxylic acids is 1. The van der Waals surface area contributed by atoms with Crippen molar-refractivity contribution in [1.82, 2.24) is 0 Å². The van der Waals surface area contributed by atoms with Crippen molar-refractivity contribution in [2.75, 3.05) is 12.4 Å². The van der Waals surface area contributed by atoms with Gasteiger partial charge in [0.15, 0.2) is 11.5 Å². The molecule has 0 aliphatic rings. The van der Waals surface area contributed by atoms with E-state index in [1.807, 2.05) is 0 Å². The van der Waals surface area contributed by atoms with Crippen molar-refractivity contribution in [2.24, 2.45) is 0 Å². The molecule has 0 fully saturated rings. The highest BCUT2D eigenvalue weighted by Crippen LogP contribution is 2.35. The van der Waals surface area contributed by atoms with E-state index in [0.29, 0.717) is 22.1 Å². The summed E-state index contributed by atoms with van der Waals surface area (Å²) in [6.07, 6.45) is 0.330. The predicted octanol–water partition coefficient (Wildman–Crippen LogP) is 3.48. The van der Waals surface area contributed by atoms with Gasteiger partial charge in [-0.3, -0.25) is 4.79 Å². The molecule has 0 bridgehead atoms. The van der Waals surface area contributed by atoms with Gasteiger partial charge in [0.2, 0.25) is 0 Å². The third kappa shape index (κ3) is 3.57. The fourth-order valence-electron chi connectivity index (χ4n) is 1.86. The molecule has 0 radical (unpaired) electrons. The fourth-order valence-corrected chi connectivity index (χ4v) is 2.30. The fraction of sp³-hybridized carbons (Fsp3) is 0.125. The largest absolute Gasteiger partial charge is 0.503 e. The minimum atomic E-state index is -0.327. The van der Waals surface area contributed by atoms with Gasteiger partial charge in [-0.25, -0.2) is 0 Å². The number of rotatable bonds is 4. The van der Waals surface area contributed by atoms with E-state index in [0.717, 1.165) is 5.56 Å². The molecule has 2 aromatic rings. The molecule has 0 saturated heterocycles. The summed E-state index contributed by atoms with van der Waals surface area (Å²) in [5.41, 5.74) is 1.85. The summed E-state index contributed by atoms with van der Waals surface area (Å²) in [6, 6.07) is 12.1. The molecule has 0 aliphatic carbocycles. The molecule has 0 saturated carbocycles. The van der Waals surface area contributed by atoms with Crippen LogP contribution in [0, 0.1) is 11.3 Å². The molecule has 2 aromatic carbocycles. The lowest BCUT2D eigenvalue weighted by Crippen LogP contribution is -2.12. The van der Waals surface area contributed by atoms with E-state index in [4.69, 9.17) is 10.00 Å². The summed E-state index contributed by atoms with van der Waals surface area (Å²) in [7, 11) is 1.41. The number of hydrogen-bond acceptors (Lipinski definition) is 4. The second-order valence-electron chi connectivity index (χ2n) is 4.49. The number of benzene rings is 2. The molecule has 0 unspecified atom stereocenters. The molecular formula is C16H13BrN2O3. The van der Waals surface area contributed by atoms with Gasteiger partial charge in [-0.15, -0.1) is 0 Å². The highest BCUT2D eigenvalue weighted by atomic mass is 79.9. The van der Waals surface area contributed by atoms with E-state index in [-0.39, 0.29) is 17.4 Å². The maximum atomic E-state index is 12.2. The average Bonchev–Trinajstić information content (AvgIpc) is 2.52. The number of amides is 1. The first-order valence-corrected chi connectivity index (χ1v) is 7.18. The summed E-state index contributed by atoms with van der Waals surface area (Å²) in [4.78, 5) is 12.2. The maximum absolute atomic E-state index is 12.2. The van der Waals surface area contributed by atoms with Crippen LogP contribution in [0.2, 0.25) is 0 Å². The molecular weight excluding hydrogens is 348 g/mol. The highest BCUT2D eigenvalue weighted by molar-refractivity contribution is 9.10. The number of nitrogens with zero attached hydrogens (tertiary/aromatic N) is 1. The number of halogens is 1. The molecule has 112 valence electrons. The highest BCUT2D eigenvalue weighted by Gasteiger charge is 2.13. The third-order valence-electron chi connectivity index (χ3n) is 3.01. The number of phenolic OH excluding ortho intramolecular Hbond substituents is 1. The first-order chi connectivity index (χ1) is 10.5. The second kappa shape index (κ2) is 6.96. The van der Waals surface area contributed by atoms with Crippen LogP contribution in [0.15, 0.2) is 40.9 Å². The van der Waals surface area contributed by atoms with Gasteiger partial charge >= 0.3 is 0 Å². The number of nitrogens with one attached hydrogen (secondary N) is 1. The quantitative estimate of drug-likeness (QED) is 0.874. The van der Waals surface area contributed by atoms with Crippen molar-refractivity contribution >= 4 is 27.5 Å². The molecule has 0 atom stereocenters. The van der Waals surface area contributed by atoms with Crippen LogP contribution < -0.4 is 10.1 Å². The van der Waals surface area contributed by atoms with Gasteiger partial charge in [0.05, 0.1) is 24.1 Å².